The second-order valence-corrected chi connectivity index (χ2v) is 6.56. The Kier molecular flexibility index (Phi) is 5.83. The highest BCUT2D eigenvalue weighted by Crippen LogP contribution is 2.35. The van der Waals surface area contributed by atoms with Crippen LogP contribution in [0.15, 0.2) is 18.2 Å². The average Bonchev–Trinajstić information content (AvgIpc) is 2.51. The summed E-state index contributed by atoms with van der Waals surface area (Å²) in [4.78, 5) is 0. The number of nitrogens with one attached hydrogen (secondary N) is 1. The summed E-state index contributed by atoms with van der Waals surface area (Å²) in [7, 11) is 1.90. The van der Waals surface area contributed by atoms with Gasteiger partial charge in [0.05, 0.1) is 5.60 Å². The molecule has 1 N–H and O–H groups in total. The quantitative estimate of drug-likeness (QED) is 0.848. The van der Waals surface area contributed by atoms with Crippen molar-refractivity contribution in [3.8, 4) is 0 Å². The first-order valence-corrected chi connectivity index (χ1v) is 8.46. The Morgan fingerprint density at radius 3 is 2.43 bits per heavy atom. The van der Waals surface area contributed by atoms with Crippen LogP contribution in [0.5, 0.6) is 0 Å². The number of hydrogen-bond acceptors (Lipinski definition) is 2. The second-order valence-electron chi connectivity index (χ2n) is 6.56. The summed E-state index contributed by atoms with van der Waals surface area (Å²) >= 11 is 0. The van der Waals surface area contributed by atoms with Crippen LogP contribution in [-0.2, 0) is 11.2 Å². The molecule has 118 valence electrons. The van der Waals surface area contributed by atoms with Gasteiger partial charge >= 0.3 is 0 Å². The van der Waals surface area contributed by atoms with Crippen LogP contribution >= 0.6 is 0 Å². The van der Waals surface area contributed by atoms with E-state index in [9.17, 15) is 0 Å². The van der Waals surface area contributed by atoms with E-state index in [1.807, 2.05) is 7.11 Å². The van der Waals surface area contributed by atoms with Gasteiger partial charge in [-0.2, -0.15) is 0 Å². The van der Waals surface area contributed by atoms with Crippen LogP contribution < -0.4 is 5.32 Å². The van der Waals surface area contributed by atoms with Crippen molar-refractivity contribution in [2.24, 2.45) is 0 Å². The van der Waals surface area contributed by atoms with E-state index < -0.39 is 0 Å². The first-order chi connectivity index (χ1) is 10.1. The van der Waals surface area contributed by atoms with Gasteiger partial charge in [-0.25, -0.2) is 0 Å². The molecule has 0 aliphatic heterocycles. The van der Waals surface area contributed by atoms with E-state index in [-0.39, 0.29) is 5.60 Å². The first-order valence-electron chi connectivity index (χ1n) is 8.46. The van der Waals surface area contributed by atoms with Crippen LogP contribution in [0.25, 0.3) is 0 Å². The fourth-order valence-electron chi connectivity index (χ4n) is 3.70. The highest BCUT2D eigenvalue weighted by atomic mass is 16.5. The maximum absolute atomic E-state index is 6.06. The summed E-state index contributed by atoms with van der Waals surface area (Å²) in [6.45, 7) is 7.58. The van der Waals surface area contributed by atoms with Crippen LogP contribution in [0.1, 0.15) is 55.7 Å². The number of hydrogen-bond donors (Lipinski definition) is 1. The molecule has 1 aromatic rings. The summed E-state index contributed by atoms with van der Waals surface area (Å²) in [5.41, 5.74) is 4.20. The molecule has 0 amide bonds. The Morgan fingerprint density at radius 1 is 1.14 bits per heavy atom. The van der Waals surface area contributed by atoms with Crippen molar-refractivity contribution in [1.82, 2.24) is 5.32 Å². The van der Waals surface area contributed by atoms with Gasteiger partial charge in [0.15, 0.2) is 0 Å². The van der Waals surface area contributed by atoms with Crippen molar-refractivity contribution in [2.75, 3.05) is 13.7 Å². The maximum atomic E-state index is 6.06. The van der Waals surface area contributed by atoms with Crippen molar-refractivity contribution < 1.29 is 4.74 Å². The van der Waals surface area contributed by atoms with Gasteiger partial charge in [-0.15, -0.1) is 0 Å². The molecule has 21 heavy (non-hydrogen) atoms. The Bertz CT molecular complexity index is 449. The summed E-state index contributed by atoms with van der Waals surface area (Å²) < 4.78 is 6.06. The van der Waals surface area contributed by atoms with Gasteiger partial charge in [-0.05, 0) is 56.3 Å². The average molecular weight is 289 g/mol. The fraction of sp³-hybridized carbons (Fsp3) is 0.684. The van der Waals surface area contributed by atoms with Crippen molar-refractivity contribution in [3.63, 3.8) is 0 Å². The number of rotatable bonds is 6. The molecule has 1 atom stereocenters. The molecule has 1 fully saturated rings. The van der Waals surface area contributed by atoms with Crippen LogP contribution in [0, 0.1) is 13.8 Å². The summed E-state index contributed by atoms with van der Waals surface area (Å²) in [5.74, 6) is 0. The molecule has 0 saturated heterocycles. The lowest BCUT2D eigenvalue weighted by Gasteiger charge is -2.43. The van der Waals surface area contributed by atoms with Crippen LogP contribution in [0.3, 0.4) is 0 Å². The van der Waals surface area contributed by atoms with Crippen molar-refractivity contribution in [2.45, 2.75) is 70.9 Å². The molecule has 1 aliphatic rings. The zero-order chi connectivity index (χ0) is 15.3. The van der Waals surface area contributed by atoms with E-state index in [0.29, 0.717) is 6.04 Å². The normalized spacial score (nSPS) is 19.4. The smallest absolute Gasteiger partial charge is 0.0834 e. The highest BCUT2D eigenvalue weighted by Gasteiger charge is 2.39. The standard InChI is InChI=1S/C19H31NO/c1-5-20-18(19(21-4)11-7-6-8-12-19)14-17-10-9-15(2)16(3)13-17/h9-10,13,18,20H,5-8,11-12,14H2,1-4H3. The lowest BCUT2D eigenvalue weighted by molar-refractivity contribution is -0.0669. The van der Waals surface area contributed by atoms with E-state index in [1.54, 1.807) is 0 Å². The molecule has 0 bridgehead atoms. The molecule has 0 spiro atoms. The Morgan fingerprint density at radius 2 is 1.86 bits per heavy atom. The van der Waals surface area contributed by atoms with Gasteiger partial charge in [0.1, 0.15) is 0 Å². The molecule has 1 saturated carbocycles. The molecule has 1 aromatic carbocycles. The summed E-state index contributed by atoms with van der Waals surface area (Å²) in [6.07, 6.45) is 7.37. The Labute approximate surface area is 130 Å². The third kappa shape index (κ3) is 3.87. The molecule has 0 radical (unpaired) electrons. The van der Waals surface area contributed by atoms with Crippen molar-refractivity contribution in [1.29, 1.82) is 0 Å². The fourth-order valence-corrected chi connectivity index (χ4v) is 3.70. The molecule has 1 aliphatic carbocycles. The molecule has 1 unspecified atom stereocenters. The Hall–Kier alpha value is -0.860. The lowest BCUT2D eigenvalue weighted by Crippen LogP contribution is -2.54. The maximum Gasteiger partial charge on any atom is 0.0834 e. The molecule has 2 nitrogen and oxygen atoms in total. The minimum atomic E-state index is 0.0209. The van der Waals surface area contributed by atoms with Gasteiger partial charge in [0.25, 0.3) is 0 Å². The van der Waals surface area contributed by atoms with Gasteiger partial charge in [0, 0.05) is 13.2 Å². The van der Waals surface area contributed by atoms with Crippen molar-refractivity contribution in [3.05, 3.63) is 34.9 Å². The molecule has 0 aromatic heterocycles. The monoisotopic (exact) mass is 289 g/mol. The number of methoxy groups -OCH3 is 1. The topological polar surface area (TPSA) is 21.3 Å². The van der Waals surface area contributed by atoms with Crippen molar-refractivity contribution >= 4 is 0 Å². The van der Waals surface area contributed by atoms with E-state index >= 15 is 0 Å². The molecule has 2 heteroatoms. The number of aryl methyl sites for hydroxylation is 2. The van der Waals surface area contributed by atoms with Gasteiger partial charge in [-0.1, -0.05) is 44.4 Å². The second kappa shape index (κ2) is 7.42. The van der Waals surface area contributed by atoms with Gasteiger partial charge in [-0.3, -0.25) is 0 Å². The predicted octanol–water partition coefficient (Wildman–Crippen LogP) is 4.17. The predicted molar refractivity (Wildman–Crippen MR) is 89.9 cm³/mol. The Balaban J connectivity index is 2.18. The number of benzene rings is 1. The zero-order valence-corrected chi connectivity index (χ0v) is 14.2. The minimum Gasteiger partial charge on any atom is -0.377 e. The van der Waals surface area contributed by atoms with Gasteiger partial charge < -0.3 is 10.1 Å². The number of likely N-dealkylation sites (N-methyl/N-ethyl adjacent to an activating group) is 1. The molecular formula is C19H31NO. The van der Waals surface area contributed by atoms with E-state index in [2.05, 4.69) is 44.3 Å². The third-order valence-corrected chi connectivity index (χ3v) is 5.20. The summed E-state index contributed by atoms with van der Waals surface area (Å²) in [6, 6.07) is 7.27. The third-order valence-electron chi connectivity index (χ3n) is 5.20. The van der Waals surface area contributed by atoms with Crippen LogP contribution in [0.4, 0.5) is 0 Å². The lowest BCUT2D eigenvalue weighted by atomic mass is 9.77. The molecule has 2 rings (SSSR count). The minimum absolute atomic E-state index is 0.0209. The molecular weight excluding hydrogens is 258 g/mol. The van der Waals surface area contributed by atoms with Gasteiger partial charge in [0.2, 0.25) is 0 Å². The SMILES string of the molecule is CCNC(Cc1ccc(C)c(C)c1)C1(OC)CCCCC1. The van der Waals surface area contributed by atoms with E-state index in [0.717, 1.165) is 13.0 Å². The van der Waals surface area contributed by atoms with Crippen LogP contribution in [-0.4, -0.2) is 25.3 Å². The zero-order valence-electron chi connectivity index (χ0n) is 14.2. The summed E-state index contributed by atoms with van der Waals surface area (Å²) in [5, 5.41) is 3.70. The largest absolute Gasteiger partial charge is 0.377 e. The first kappa shape index (κ1) is 16.5. The van der Waals surface area contributed by atoms with E-state index in [1.165, 1.54) is 48.8 Å². The molecule has 0 heterocycles. The number of ether oxygens (including phenoxy) is 1. The van der Waals surface area contributed by atoms with Crippen LogP contribution in [0.2, 0.25) is 0 Å². The van der Waals surface area contributed by atoms with E-state index in [4.69, 9.17) is 4.74 Å². The highest BCUT2D eigenvalue weighted by molar-refractivity contribution is 5.30.